The maximum Gasteiger partial charge on any atom is 0.255 e. The van der Waals surface area contributed by atoms with Crippen LogP contribution in [0.25, 0.3) is 11.0 Å². The van der Waals surface area contributed by atoms with Gasteiger partial charge in [0.05, 0.1) is 11.1 Å². The maximum absolute atomic E-state index is 12.6. The number of hydrogen-bond donors (Lipinski definition) is 0. The van der Waals surface area contributed by atoms with Crippen LogP contribution in [0.2, 0.25) is 0 Å². The number of alkyl halides is 1. The first-order valence-electron chi connectivity index (χ1n) is 6.74. The number of fused-ring (bicyclic) bond motifs is 1. The zero-order valence-electron chi connectivity index (χ0n) is 11.3. The monoisotopic (exact) mass is 333 g/mol. The van der Waals surface area contributed by atoms with Crippen LogP contribution in [0.15, 0.2) is 30.6 Å². The summed E-state index contributed by atoms with van der Waals surface area (Å²) in [4.78, 5) is 23.5. The van der Waals surface area contributed by atoms with Gasteiger partial charge in [-0.1, -0.05) is 22.0 Å². The van der Waals surface area contributed by atoms with E-state index in [1.54, 1.807) is 17.3 Å². The molecule has 3 rings (SSSR count). The van der Waals surface area contributed by atoms with Gasteiger partial charge in [0, 0.05) is 30.8 Å². The summed E-state index contributed by atoms with van der Waals surface area (Å²) >= 11 is 3.58. The molecule has 1 heterocycles. The van der Waals surface area contributed by atoms with Gasteiger partial charge in [-0.2, -0.15) is 0 Å². The van der Waals surface area contributed by atoms with Crippen molar-refractivity contribution < 1.29 is 4.79 Å². The molecule has 1 saturated carbocycles. The number of nitrogens with zero attached hydrogens (tertiary/aromatic N) is 3. The Balaban J connectivity index is 1.81. The van der Waals surface area contributed by atoms with Crippen molar-refractivity contribution in [2.75, 3.05) is 13.6 Å². The van der Waals surface area contributed by atoms with E-state index in [2.05, 4.69) is 25.9 Å². The Bertz CT molecular complexity index is 635. The third-order valence-corrected chi connectivity index (χ3v) is 4.53. The van der Waals surface area contributed by atoms with Gasteiger partial charge in [0.2, 0.25) is 0 Å². The lowest BCUT2D eigenvalue weighted by Gasteiger charge is -2.34. The number of carbonyl (C=O) groups is 1. The van der Waals surface area contributed by atoms with Crippen molar-refractivity contribution in [2.45, 2.75) is 17.7 Å². The molecule has 0 N–H and O–H groups in total. The van der Waals surface area contributed by atoms with Crippen molar-refractivity contribution in [1.29, 1.82) is 0 Å². The minimum Gasteiger partial charge on any atom is -0.341 e. The molecule has 0 bridgehead atoms. The molecule has 4 nitrogen and oxygen atoms in total. The van der Waals surface area contributed by atoms with Crippen molar-refractivity contribution >= 4 is 32.9 Å². The van der Waals surface area contributed by atoms with Gasteiger partial charge in [0.15, 0.2) is 0 Å². The Morgan fingerprint density at radius 1 is 1.35 bits per heavy atom. The van der Waals surface area contributed by atoms with Crippen LogP contribution in [0, 0.1) is 5.92 Å². The number of hydrogen-bond acceptors (Lipinski definition) is 3. The second kappa shape index (κ2) is 5.48. The highest BCUT2D eigenvalue weighted by Crippen LogP contribution is 2.33. The Hall–Kier alpha value is -1.49. The van der Waals surface area contributed by atoms with Gasteiger partial charge in [0.25, 0.3) is 5.91 Å². The van der Waals surface area contributed by atoms with Gasteiger partial charge in [-0.3, -0.25) is 14.8 Å². The number of benzene rings is 1. The van der Waals surface area contributed by atoms with Gasteiger partial charge in [-0.05, 0) is 30.9 Å². The van der Waals surface area contributed by atoms with E-state index in [1.165, 1.54) is 0 Å². The lowest BCUT2D eigenvalue weighted by atomic mass is 9.85. The van der Waals surface area contributed by atoms with Crippen LogP contribution in [0.3, 0.4) is 0 Å². The van der Waals surface area contributed by atoms with Gasteiger partial charge in [-0.25, -0.2) is 0 Å². The standard InChI is InChI=1S/C15H16BrN3O/c1-19(9-10-7-11(16)8-10)15(20)12-3-2-4-13-14(12)18-6-5-17-13/h2-6,10-11H,7-9H2,1H3. The first kappa shape index (κ1) is 13.5. The number of carbonyl (C=O) groups excluding carboxylic acids is 1. The third kappa shape index (κ3) is 2.54. The molecule has 104 valence electrons. The first-order chi connectivity index (χ1) is 9.65. The SMILES string of the molecule is CN(CC1CC(Br)C1)C(=O)c1cccc2nccnc12. The van der Waals surface area contributed by atoms with E-state index >= 15 is 0 Å². The summed E-state index contributed by atoms with van der Waals surface area (Å²) in [5.41, 5.74) is 2.07. The zero-order valence-corrected chi connectivity index (χ0v) is 12.9. The summed E-state index contributed by atoms with van der Waals surface area (Å²) in [5, 5.41) is 0. The molecular formula is C15H16BrN3O. The van der Waals surface area contributed by atoms with Crippen LogP contribution in [0.4, 0.5) is 0 Å². The number of para-hydroxylation sites is 1. The molecule has 1 aliphatic carbocycles. The molecular weight excluding hydrogens is 318 g/mol. The normalized spacial score (nSPS) is 21.5. The van der Waals surface area contributed by atoms with Crippen LogP contribution >= 0.6 is 15.9 Å². The molecule has 0 saturated heterocycles. The van der Waals surface area contributed by atoms with Gasteiger partial charge < -0.3 is 4.90 Å². The van der Waals surface area contributed by atoms with E-state index in [4.69, 9.17) is 0 Å². The van der Waals surface area contributed by atoms with E-state index in [9.17, 15) is 4.79 Å². The molecule has 20 heavy (non-hydrogen) atoms. The van der Waals surface area contributed by atoms with Crippen molar-refractivity contribution in [3.63, 3.8) is 0 Å². The molecule has 1 amide bonds. The summed E-state index contributed by atoms with van der Waals surface area (Å²) in [5.74, 6) is 0.628. The Morgan fingerprint density at radius 3 is 2.85 bits per heavy atom. The Morgan fingerprint density at radius 2 is 2.10 bits per heavy atom. The number of rotatable bonds is 3. The highest BCUT2D eigenvalue weighted by molar-refractivity contribution is 9.09. The molecule has 0 aliphatic heterocycles. The fraction of sp³-hybridized carbons (Fsp3) is 0.400. The van der Waals surface area contributed by atoms with Crippen molar-refractivity contribution in [3.8, 4) is 0 Å². The zero-order chi connectivity index (χ0) is 14.1. The number of halogens is 1. The van der Waals surface area contributed by atoms with Gasteiger partial charge >= 0.3 is 0 Å². The minimum absolute atomic E-state index is 0.0223. The third-order valence-electron chi connectivity index (χ3n) is 3.79. The molecule has 0 unspecified atom stereocenters. The summed E-state index contributed by atoms with van der Waals surface area (Å²) in [6.07, 6.45) is 5.56. The van der Waals surface area contributed by atoms with E-state index in [0.29, 0.717) is 21.8 Å². The number of amides is 1. The Labute approximate surface area is 126 Å². The fourth-order valence-electron chi connectivity index (χ4n) is 2.64. The summed E-state index contributed by atoms with van der Waals surface area (Å²) in [7, 11) is 1.86. The van der Waals surface area contributed by atoms with Crippen molar-refractivity contribution in [1.82, 2.24) is 14.9 Å². The lowest BCUT2D eigenvalue weighted by molar-refractivity contribution is 0.0750. The Kier molecular flexibility index (Phi) is 3.70. The highest BCUT2D eigenvalue weighted by Gasteiger charge is 2.29. The average Bonchev–Trinajstić information content (AvgIpc) is 2.44. The van der Waals surface area contributed by atoms with E-state index in [-0.39, 0.29) is 5.91 Å². The van der Waals surface area contributed by atoms with Gasteiger partial charge in [-0.15, -0.1) is 0 Å². The molecule has 1 aromatic heterocycles. The first-order valence-corrected chi connectivity index (χ1v) is 7.66. The van der Waals surface area contributed by atoms with Crippen LogP contribution < -0.4 is 0 Å². The largest absolute Gasteiger partial charge is 0.341 e. The molecule has 1 aliphatic rings. The predicted octanol–water partition coefficient (Wildman–Crippen LogP) is 2.88. The predicted molar refractivity (Wildman–Crippen MR) is 81.9 cm³/mol. The van der Waals surface area contributed by atoms with E-state index in [1.807, 2.05) is 25.2 Å². The van der Waals surface area contributed by atoms with Crippen LogP contribution in [0.5, 0.6) is 0 Å². The quantitative estimate of drug-likeness (QED) is 0.811. The van der Waals surface area contributed by atoms with Crippen molar-refractivity contribution in [2.24, 2.45) is 5.92 Å². The van der Waals surface area contributed by atoms with Crippen LogP contribution in [-0.4, -0.2) is 39.2 Å². The van der Waals surface area contributed by atoms with E-state index in [0.717, 1.165) is 24.9 Å². The molecule has 2 aromatic rings. The minimum atomic E-state index is 0.0223. The number of aromatic nitrogens is 2. The lowest BCUT2D eigenvalue weighted by Crippen LogP contribution is -2.37. The van der Waals surface area contributed by atoms with Crippen LogP contribution in [0.1, 0.15) is 23.2 Å². The molecule has 0 atom stereocenters. The summed E-state index contributed by atoms with van der Waals surface area (Å²) in [6.45, 7) is 0.803. The molecule has 1 aromatic carbocycles. The van der Waals surface area contributed by atoms with Crippen molar-refractivity contribution in [3.05, 3.63) is 36.2 Å². The molecule has 0 spiro atoms. The second-order valence-electron chi connectivity index (χ2n) is 5.35. The maximum atomic E-state index is 12.6. The molecule has 5 heteroatoms. The summed E-state index contributed by atoms with van der Waals surface area (Å²) in [6, 6.07) is 5.56. The summed E-state index contributed by atoms with van der Waals surface area (Å²) < 4.78 is 0. The smallest absolute Gasteiger partial charge is 0.255 e. The molecule has 1 fully saturated rings. The highest BCUT2D eigenvalue weighted by atomic mass is 79.9. The fourth-order valence-corrected chi connectivity index (χ4v) is 3.70. The van der Waals surface area contributed by atoms with E-state index < -0.39 is 0 Å². The topological polar surface area (TPSA) is 46.1 Å². The second-order valence-corrected chi connectivity index (χ2v) is 6.64. The van der Waals surface area contributed by atoms with Crippen LogP contribution in [-0.2, 0) is 0 Å². The average molecular weight is 334 g/mol. The molecule has 0 radical (unpaired) electrons. The van der Waals surface area contributed by atoms with Gasteiger partial charge in [0.1, 0.15) is 5.52 Å².